The second-order valence-corrected chi connectivity index (χ2v) is 6.43. The monoisotopic (exact) mass is 387 g/mol. The second kappa shape index (κ2) is 8.30. The van der Waals surface area contributed by atoms with Crippen LogP contribution < -0.4 is 9.47 Å². The summed E-state index contributed by atoms with van der Waals surface area (Å²) in [5, 5.41) is 1.25. The molecule has 0 aliphatic carbocycles. The Morgan fingerprint density at radius 1 is 1.04 bits per heavy atom. The zero-order valence-electron chi connectivity index (χ0n) is 13.6. The lowest BCUT2D eigenvalue weighted by atomic mass is 9.98. The third kappa shape index (κ3) is 3.92. The molecule has 0 aromatic heterocycles. The highest BCUT2D eigenvalue weighted by molar-refractivity contribution is 6.42. The molecule has 1 aliphatic rings. The molecule has 3 nitrogen and oxygen atoms in total. The van der Waals surface area contributed by atoms with Crippen molar-refractivity contribution < 1.29 is 9.47 Å². The minimum absolute atomic E-state index is 0. The summed E-state index contributed by atoms with van der Waals surface area (Å²) in [7, 11) is 3.33. The Hall–Kier alpha value is -1.13. The summed E-state index contributed by atoms with van der Waals surface area (Å²) in [6, 6.07) is 9.93. The topological polar surface area (TPSA) is 21.7 Å². The number of benzene rings is 2. The van der Waals surface area contributed by atoms with E-state index in [2.05, 4.69) is 17.0 Å². The van der Waals surface area contributed by atoms with Crippen molar-refractivity contribution in [3.8, 4) is 11.5 Å². The molecular formula is C18H20Cl3NO2. The molecule has 130 valence electrons. The Morgan fingerprint density at radius 3 is 2.38 bits per heavy atom. The first kappa shape index (κ1) is 19.2. The van der Waals surface area contributed by atoms with Crippen LogP contribution in [0.25, 0.3) is 0 Å². The molecule has 0 saturated carbocycles. The molecule has 0 radical (unpaired) electrons. The van der Waals surface area contributed by atoms with Gasteiger partial charge in [0.2, 0.25) is 0 Å². The van der Waals surface area contributed by atoms with Crippen LogP contribution in [0, 0.1) is 0 Å². The van der Waals surface area contributed by atoms with Crippen LogP contribution in [-0.2, 0) is 19.5 Å². The predicted molar refractivity (Wildman–Crippen MR) is 101 cm³/mol. The van der Waals surface area contributed by atoms with Crippen molar-refractivity contribution in [3.05, 3.63) is 57.1 Å². The molecule has 0 N–H and O–H groups in total. The molecule has 0 spiro atoms. The number of halogens is 3. The fourth-order valence-electron chi connectivity index (χ4n) is 2.99. The summed E-state index contributed by atoms with van der Waals surface area (Å²) >= 11 is 12.4. The molecule has 0 atom stereocenters. The minimum Gasteiger partial charge on any atom is -0.493 e. The van der Waals surface area contributed by atoms with E-state index in [1.807, 2.05) is 18.2 Å². The molecule has 0 bridgehead atoms. The molecule has 1 aliphatic heterocycles. The van der Waals surface area contributed by atoms with Gasteiger partial charge in [-0.3, -0.25) is 4.90 Å². The van der Waals surface area contributed by atoms with Crippen LogP contribution in [-0.4, -0.2) is 25.7 Å². The molecule has 2 aromatic rings. The van der Waals surface area contributed by atoms with Gasteiger partial charge in [-0.15, -0.1) is 12.4 Å². The highest BCUT2D eigenvalue weighted by atomic mass is 35.5. The van der Waals surface area contributed by atoms with E-state index in [1.165, 1.54) is 11.1 Å². The van der Waals surface area contributed by atoms with Crippen molar-refractivity contribution >= 4 is 35.6 Å². The highest BCUT2D eigenvalue weighted by Gasteiger charge is 2.20. The van der Waals surface area contributed by atoms with Crippen LogP contribution in [0.15, 0.2) is 30.3 Å². The van der Waals surface area contributed by atoms with Crippen molar-refractivity contribution in [1.82, 2.24) is 4.90 Å². The summed E-state index contributed by atoms with van der Waals surface area (Å²) < 4.78 is 10.8. The van der Waals surface area contributed by atoms with Crippen molar-refractivity contribution in [2.24, 2.45) is 0 Å². The first-order valence-electron chi connectivity index (χ1n) is 7.51. The number of fused-ring (bicyclic) bond motifs is 1. The standard InChI is InChI=1S/C18H19Cl2NO2.ClH/c1-22-16-8-12-6-7-21(11-14(12)9-17(16)23-2)10-13-4-3-5-15(19)18(13)20;/h3-5,8-9H,6-7,10-11H2,1-2H3;1H. The van der Waals surface area contributed by atoms with E-state index in [-0.39, 0.29) is 12.4 Å². The van der Waals surface area contributed by atoms with Crippen molar-refractivity contribution in [2.45, 2.75) is 19.5 Å². The molecule has 6 heteroatoms. The van der Waals surface area contributed by atoms with Gasteiger partial charge in [0.1, 0.15) is 0 Å². The average molecular weight is 389 g/mol. The second-order valence-electron chi connectivity index (χ2n) is 5.65. The van der Waals surface area contributed by atoms with Gasteiger partial charge in [0.05, 0.1) is 24.3 Å². The summed E-state index contributed by atoms with van der Waals surface area (Å²) in [5.74, 6) is 1.56. The summed E-state index contributed by atoms with van der Waals surface area (Å²) in [6.45, 7) is 2.62. The van der Waals surface area contributed by atoms with Crippen LogP contribution in [0.2, 0.25) is 10.0 Å². The number of ether oxygens (including phenoxy) is 2. The predicted octanol–water partition coefficient (Wildman–Crippen LogP) is 4.99. The van der Waals surface area contributed by atoms with Crippen LogP contribution in [0.3, 0.4) is 0 Å². The van der Waals surface area contributed by atoms with Crippen molar-refractivity contribution in [2.75, 3.05) is 20.8 Å². The molecule has 3 rings (SSSR count). The van der Waals surface area contributed by atoms with Gasteiger partial charge in [-0.05, 0) is 41.3 Å². The van der Waals surface area contributed by atoms with Crippen molar-refractivity contribution in [1.29, 1.82) is 0 Å². The fourth-order valence-corrected chi connectivity index (χ4v) is 3.37. The van der Waals surface area contributed by atoms with Gasteiger partial charge in [0.25, 0.3) is 0 Å². The number of hydrogen-bond acceptors (Lipinski definition) is 3. The number of hydrogen-bond donors (Lipinski definition) is 0. The van der Waals surface area contributed by atoms with Gasteiger partial charge < -0.3 is 9.47 Å². The minimum atomic E-state index is 0. The smallest absolute Gasteiger partial charge is 0.161 e. The van der Waals surface area contributed by atoms with E-state index in [0.717, 1.165) is 43.1 Å². The Balaban J connectivity index is 0.00000208. The van der Waals surface area contributed by atoms with Gasteiger partial charge in [-0.1, -0.05) is 35.3 Å². The van der Waals surface area contributed by atoms with Gasteiger partial charge in [-0.2, -0.15) is 0 Å². The number of nitrogens with zero attached hydrogens (tertiary/aromatic N) is 1. The average Bonchev–Trinajstić information content (AvgIpc) is 2.57. The summed E-state index contributed by atoms with van der Waals surface area (Å²) in [5.41, 5.74) is 3.64. The van der Waals surface area contributed by atoms with Gasteiger partial charge in [0.15, 0.2) is 11.5 Å². The first-order chi connectivity index (χ1) is 11.1. The van der Waals surface area contributed by atoms with E-state index < -0.39 is 0 Å². The highest BCUT2D eigenvalue weighted by Crippen LogP contribution is 2.34. The molecule has 0 amide bonds. The Labute approximate surface area is 158 Å². The molecule has 0 fully saturated rings. The van der Waals surface area contributed by atoms with E-state index in [9.17, 15) is 0 Å². The summed E-state index contributed by atoms with van der Waals surface area (Å²) in [4.78, 5) is 2.37. The van der Waals surface area contributed by atoms with E-state index in [4.69, 9.17) is 32.7 Å². The maximum Gasteiger partial charge on any atom is 0.161 e. The van der Waals surface area contributed by atoms with Crippen LogP contribution >= 0.6 is 35.6 Å². The number of methoxy groups -OCH3 is 2. The first-order valence-corrected chi connectivity index (χ1v) is 8.27. The molecule has 1 heterocycles. The lowest BCUT2D eigenvalue weighted by molar-refractivity contribution is 0.244. The third-order valence-electron chi connectivity index (χ3n) is 4.22. The number of rotatable bonds is 4. The Morgan fingerprint density at radius 2 is 1.71 bits per heavy atom. The maximum atomic E-state index is 6.30. The fraction of sp³-hybridized carbons (Fsp3) is 0.333. The molecule has 0 unspecified atom stereocenters. The van der Waals surface area contributed by atoms with Crippen LogP contribution in [0.4, 0.5) is 0 Å². The normalized spacial score (nSPS) is 13.8. The van der Waals surface area contributed by atoms with Gasteiger partial charge in [-0.25, -0.2) is 0 Å². The SMILES string of the molecule is COc1cc2c(cc1OC)CN(Cc1cccc(Cl)c1Cl)CC2.Cl. The lowest BCUT2D eigenvalue weighted by Crippen LogP contribution is -2.30. The molecular weight excluding hydrogens is 369 g/mol. The molecule has 2 aromatic carbocycles. The molecule has 24 heavy (non-hydrogen) atoms. The van der Waals surface area contributed by atoms with Gasteiger partial charge >= 0.3 is 0 Å². The summed E-state index contributed by atoms with van der Waals surface area (Å²) in [6.07, 6.45) is 0.980. The lowest BCUT2D eigenvalue weighted by Gasteiger charge is -2.29. The van der Waals surface area contributed by atoms with Gasteiger partial charge in [0, 0.05) is 19.6 Å². The van der Waals surface area contributed by atoms with Crippen LogP contribution in [0.1, 0.15) is 16.7 Å². The van der Waals surface area contributed by atoms with Crippen molar-refractivity contribution in [3.63, 3.8) is 0 Å². The Kier molecular flexibility index (Phi) is 6.64. The van der Waals surface area contributed by atoms with E-state index in [0.29, 0.717) is 10.0 Å². The largest absolute Gasteiger partial charge is 0.493 e. The third-order valence-corrected chi connectivity index (χ3v) is 5.08. The van der Waals surface area contributed by atoms with Crippen LogP contribution in [0.5, 0.6) is 11.5 Å². The zero-order chi connectivity index (χ0) is 16.4. The van der Waals surface area contributed by atoms with E-state index in [1.54, 1.807) is 14.2 Å². The molecule has 0 saturated heterocycles. The quantitative estimate of drug-likeness (QED) is 0.736. The maximum absolute atomic E-state index is 6.30. The zero-order valence-corrected chi connectivity index (χ0v) is 16.0. The Bertz CT molecular complexity index is 722. The van der Waals surface area contributed by atoms with E-state index >= 15 is 0 Å².